The summed E-state index contributed by atoms with van der Waals surface area (Å²) in [5.74, 6) is 0.610. The Bertz CT molecular complexity index is 276. The fourth-order valence-corrected chi connectivity index (χ4v) is 1.58. The predicted octanol–water partition coefficient (Wildman–Crippen LogP) is 3.55. The third-order valence-electron chi connectivity index (χ3n) is 2.28. The van der Waals surface area contributed by atoms with Gasteiger partial charge in [-0.25, -0.2) is 0 Å². The van der Waals surface area contributed by atoms with Crippen LogP contribution in [0.2, 0.25) is 0 Å². The summed E-state index contributed by atoms with van der Waals surface area (Å²) in [5.41, 5.74) is 4.06. The van der Waals surface area contributed by atoms with Crippen LogP contribution in [-0.4, -0.2) is 6.54 Å². The van der Waals surface area contributed by atoms with Crippen molar-refractivity contribution in [3.8, 4) is 0 Å². The standard InChI is InChI=1S/C12H19N/c1-5-13-11-7-6-10(4)12(8-11)9(2)3/h6-9,13H,5H2,1-4H3. The van der Waals surface area contributed by atoms with Gasteiger partial charge in [-0.1, -0.05) is 19.9 Å². The molecule has 1 aromatic rings. The SMILES string of the molecule is CCNc1ccc(C)c(C(C)C)c1. The normalized spacial score (nSPS) is 10.5. The zero-order chi connectivity index (χ0) is 9.84. The minimum absolute atomic E-state index is 0.610. The molecule has 0 aliphatic rings. The Kier molecular flexibility index (Phi) is 3.35. The third-order valence-corrected chi connectivity index (χ3v) is 2.28. The molecule has 1 heteroatoms. The topological polar surface area (TPSA) is 12.0 Å². The molecular weight excluding hydrogens is 158 g/mol. The Hall–Kier alpha value is -0.980. The largest absolute Gasteiger partial charge is 0.385 e. The van der Waals surface area contributed by atoms with Crippen LogP contribution in [0.15, 0.2) is 18.2 Å². The smallest absolute Gasteiger partial charge is 0.0343 e. The van der Waals surface area contributed by atoms with Gasteiger partial charge in [0.2, 0.25) is 0 Å². The van der Waals surface area contributed by atoms with E-state index in [-0.39, 0.29) is 0 Å². The van der Waals surface area contributed by atoms with Gasteiger partial charge in [0.15, 0.2) is 0 Å². The zero-order valence-corrected chi connectivity index (χ0v) is 9.02. The fourth-order valence-electron chi connectivity index (χ4n) is 1.58. The molecule has 0 amide bonds. The highest BCUT2D eigenvalue weighted by atomic mass is 14.8. The van der Waals surface area contributed by atoms with Crippen LogP contribution in [0.5, 0.6) is 0 Å². The summed E-state index contributed by atoms with van der Waals surface area (Å²) in [7, 11) is 0. The first-order valence-corrected chi connectivity index (χ1v) is 4.99. The van der Waals surface area contributed by atoms with Crippen LogP contribution in [0.1, 0.15) is 37.8 Å². The molecule has 1 aromatic carbocycles. The van der Waals surface area contributed by atoms with E-state index in [1.165, 1.54) is 16.8 Å². The van der Waals surface area contributed by atoms with Crippen molar-refractivity contribution in [1.29, 1.82) is 0 Å². The second-order valence-electron chi connectivity index (χ2n) is 3.76. The third kappa shape index (κ3) is 2.48. The Morgan fingerprint density at radius 1 is 1.31 bits per heavy atom. The molecule has 0 bridgehead atoms. The Labute approximate surface area is 81.2 Å². The van der Waals surface area contributed by atoms with Gasteiger partial charge >= 0.3 is 0 Å². The number of hydrogen-bond donors (Lipinski definition) is 1. The minimum atomic E-state index is 0.610. The van der Waals surface area contributed by atoms with Gasteiger partial charge in [0, 0.05) is 12.2 Å². The maximum atomic E-state index is 3.33. The highest BCUT2D eigenvalue weighted by molar-refractivity contribution is 5.49. The van der Waals surface area contributed by atoms with Gasteiger partial charge in [-0.3, -0.25) is 0 Å². The number of nitrogens with one attached hydrogen (secondary N) is 1. The van der Waals surface area contributed by atoms with Crippen molar-refractivity contribution in [2.45, 2.75) is 33.6 Å². The maximum absolute atomic E-state index is 3.33. The molecule has 0 saturated carbocycles. The summed E-state index contributed by atoms with van der Waals surface area (Å²) in [6, 6.07) is 6.58. The molecule has 1 N–H and O–H groups in total. The van der Waals surface area contributed by atoms with Crippen LogP contribution in [0.25, 0.3) is 0 Å². The predicted molar refractivity (Wildman–Crippen MR) is 59.4 cm³/mol. The number of hydrogen-bond acceptors (Lipinski definition) is 1. The molecule has 0 fully saturated rings. The second kappa shape index (κ2) is 4.31. The van der Waals surface area contributed by atoms with Crippen LogP contribution in [-0.2, 0) is 0 Å². The molecule has 13 heavy (non-hydrogen) atoms. The molecule has 1 nitrogen and oxygen atoms in total. The van der Waals surface area contributed by atoms with E-state index in [1.807, 2.05) is 0 Å². The van der Waals surface area contributed by atoms with Crippen LogP contribution >= 0.6 is 0 Å². The van der Waals surface area contributed by atoms with E-state index in [9.17, 15) is 0 Å². The highest BCUT2D eigenvalue weighted by Crippen LogP contribution is 2.22. The average Bonchev–Trinajstić information content (AvgIpc) is 2.08. The van der Waals surface area contributed by atoms with E-state index in [1.54, 1.807) is 0 Å². The van der Waals surface area contributed by atoms with Gasteiger partial charge < -0.3 is 5.32 Å². The van der Waals surface area contributed by atoms with E-state index < -0.39 is 0 Å². The van der Waals surface area contributed by atoms with Crippen molar-refractivity contribution in [3.63, 3.8) is 0 Å². The molecule has 0 aromatic heterocycles. The molecule has 0 aliphatic carbocycles. The molecule has 0 heterocycles. The van der Waals surface area contributed by atoms with E-state index in [0.717, 1.165) is 6.54 Å². The van der Waals surface area contributed by atoms with E-state index in [2.05, 4.69) is 51.2 Å². The molecule has 1 rings (SSSR count). The quantitative estimate of drug-likeness (QED) is 0.744. The van der Waals surface area contributed by atoms with Gasteiger partial charge in [0.25, 0.3) is 0 Å². The van der Waals surface area contributed by atoms with Crippen molar-refractivity contribution in [1.82, 2.24) is 0 Å². The van der Waals surface area contributed by atoms with E-state index in [0.29, 0.717) is 5.92 Å². The molecular formula is C12H19N. The van der Waals surface area contributed by atoms with Gasteiger partial charge in [-0.05, 0) is 43.0 Å². The van der Waals surface area contributed by atoms with Crippen molar-refractivity contribution in [3.05, 3.63) is 29.3 Å². The first-order valence-electron chi connectivity index (χ1n) is 4.99. The lowest BCUT2D eigenvalue weighted by Crippen LogP contribution is -1.99. The molecule has 0 saturated heterocycles. The molecule has 72 valence electrons. The molecule has 0 spiro atoms. The molecule has 0 unspecified atom stereocenters. The molecule has 0 aliphatic heterocycles. The Morgan fingerprint density at radius 2 is 2.00 bits per heavy atom. The minimum Gasteiger partial charge on any atom is -0.385 e. The van der Waals surface area contributed by atoms with E-state index >= 15 is 0 Å². The average molecular weight is 177 g/mol. The van der Waals surface area contributed by atoms with Gasteiger partial charge in [-0.2, -0.15) is 0 Å². The lowest BCUT2D eigenvalue weighted by molar-refractivity contribution is 0.856. The maximum Gasteiger partial charge on any atom is 0.0343 e. The molecule has 0 radical (unpaired) electrons. The lowest BCUT2D eigenvalue weighted by Gasteiger charge is -2.12. The van der Waals surface area contributed by atoms with Crippen LogP contribution in [0.3, 0.4) is 0 Å². The van der Waals surface area contributed by atoms with Crippen molar-refractivity contribution in [2.24, 2.45) is 0 Å². The number of rotatable bonds is 3. The summed E-state index contributed by atoms with van der Waals surface area (Å²) in [5, 5.41) is 3.33. The summed E-state index contributed by atoms with van der Waals surface area (Å²) in [6.45, 7) is 9.75. The Morgan fingerprint density at radius 3 is 2.54 bits per heavy atom. The summed E-state index contributed by atoms with van der Waals surface area (Å²) >= 11 is 0. The number of anilines is 1. The highest BCUT2D eigenvalue weighted by Gasteiger charge is 2.03. The number of benzene rings is 1. The summed E-state index contributed by atoms with van der Waals surface area (Å²) in [6.07, 6.45) is 0. The van der Waals surface area contributed by atoms with Crippen molar-refractivity contribution < 1.29 is 0 Å². The fraction of sp³-hybridized carbons (Fsp3) is 0.500. The lowest BCUT2D eigenvalue weighted by atomic mass is 9.97. The van der Waals surface area contributed by atoms with Crippen molar-refractivity contribution >= 4 is 5.69 Å². The van der Waals surface area contributed by atoms with Crippen molar-refractivity contribution in [2.75, 3.05) is 11.9 Å². The summed E-state index contributed by atoms with van der Waals surface area (Å²) in [4.78, 5) is 0. The second-order valence-corrected chi connectivity index (χ2v) is 3.76. The zero-order valence-electron chi connectivity index (χ0n) is 9.02. The first-order chi connectivity index (χ1) is 6.15. The van der Waals surface area contributed by atoms with Gasteiger partial charge in [0.05, 0.1) is 0 Å². The van der Waals surface area contributed by atoms with Crippen LogP contribution < -0.4 is 5.32 Å². The Balaban J connectivity index is 2.97. The molecule has 0 atom stereocenters. The van der Waals surface area contributed by atoms with Gasteiger partial charge in [-0.15, -0.1) is 0 Å². The first kappa shape index (κ1) is 10.1. The van der Waals surface area contributed by atoms with Crippen LogP contribution in [0.4, 0.5) is 5.69 Å². The summed E-state index contributed by atoms with van der Waals surface area (Å²) < 4.78 is 0. The number of aryl methyl sites for hydroxylation is 1. The van der Waals surface area contributed by atoms with E-state index in [4.69, 9.17) is 0 Å². The monoisotopic (exact) mass is 177 g/mol. The van der Waals surface area contributed by atoms with Gasteiger partial charge in [0.1, 0.15) is 0 Å². The van der Waals surface area contributed by atoms with Crippen LogP contribution in [0, 0.1) is 6.92 Å².